The molecule has 20 heavy (non-hydrogen) atoms. The number of anilines is 1. The molecule has 0 atom stereocenters. The van der Waals surface area contributed by atoms with Crippen LogP contribution < -0.4 is 5.73 Å². The minimum Gasteiger partial charge on any atom is -0.399 e. The average Bonchev–Trinajstić information content (AvgIpc) is 3.06. The third-order valence-electron chi connectivity index (χ3n) is 3.28. The molecule has 0 radical (unpaired) electrons. The van der Waals surface area contributed by atoms with E-state index in [1.807, 2.05) is 60.8 Å². The smallest absolute Gasteiger partial charge is 0.139 e. The molecule has 0 saturated heterocycles. The van der Waals surface area contributed by atoms with Crippen molar-refractivity contribution in [2.45, 2.75) is 13.0 Å². The number of imidazole rings is 1. The molecule has 0 amide bonds. The molecular formula is C15H17N5. The van der Waals surface area contributed by atoms with Crippen molar-refractivity contribution in [3.63, 3.8) is 0 Å². The van der Waals surface area contributed by atoms with E-state index in [0.29, 0.717) is 0 Å². The van der Waals surface area contributed by atoms with Crippen molar-refractivity contribution in [2.75, 3.05) is 5.73 Å². The van der Waals surface area contributed by atoms with Gasteiger partial charge in [-0.05, 0) is 36.2 Å². The van der Waals surface area contributed by atoms with Gasteiger partial charge < -0.3 is 10.3 Å². The van der Waals surface area contributed by atoms with E-state index in [-0.39, 0.29) is 0 Å². The van der Waals surface area contributed by atoms with Gasteiger partial charge in [0.05, 0.1) is 6.20 Å². The molecule has 2 aromatic heterocycles. The van der Waals surface area contributed by atoms with Gasteiger partial charge in [-0.15, -0.1) is 0 Å². The number of rotatable bonds is 4. The fourth-order valence-electron chi connectivity index (χ4n) is 2.23. The van der Waals surface area contributed by atoms with E-state index in [1.165, 1.54) is 5.56 Å². The highest BCUT2D eigenvalue weighted by molar-refractivity contribution is 5.59. The summed E-state index contributed by atoms with van der Waals surface area (Å²) in [4.78, 5) is 4.43. The fourth-order valence-corrected chi connectivity index (χ4v) is 2.23. The molecule has 102 valence electrons. The Hall–Kier alpha value is -2.56. The van der Waals surface area contributed by atoms with Gasteiger partial charge in [-0.25, -0.2) is 4.98 Å². The normalized spacial score (nSPS) is 10.8. The molecule has 0 fully saturated rings. The number of benzene rings is 1. The van der Waals surface area contributed by atoms with E-state index in [2.05, 4.69) is 14.6 Å². The van der Waals surface area contributed by atoms with Crippen molar-refractivity contribution in [3.05, 3.63) is 54.6 Å². The van der Waals surface area contributed by atoms with E-state index in [0.717, 1.165) is 30.0 Å². The maximum absolute atomic E-state index is 5.72. The van der Waals surface area contributed by atoms with Gasteiger partial charge in [-0.3, -0.25) is 4.68 Å². The zero-order valence-electron chi connectivity index (χ0n) is 11.4. The lowest BCUT2D eigenvalue weighted by Crippen LogP contribution is -2.02. The minimum atomic E-state index is 0.766. The first-order valence-corrected chi connectivity index (χ1v) is 6.57. The molecule has 0 unspecified atom stereocenters. The fraction of sp³-hybridized carbons (Fsp3) is 0.200. The van der Waals surface area contributed by atoms with Gasteiger partial charge in [-0.1, -0.05) is 0 Å². The lowest BCUT2D eigenvalue weighted by Gasteiger charge is -2.07. The first-order chi connectivity index (χ1) is 9.72. The summed E-state index contributed by atoms with van der Waals surface area (Å²) in [6.45, 7) is 0.880. The van der Waals surface area contributed by atoms with Crippen LogP contribution in [0.15, 0.2) is 49.1 Å². The van der Waals surface area contributed by atoms with Crippen LogP contribution in [0, 0.1) is 0 Å². The van der Waals surface area contributed by atoms with Crippen LogP contribution in [0.2, 0.25) is 0 Å². The van der Waals surface area contributed by atoms with Gasteiger partial charge >= 0.3 is 0 Å². The van der Waals surface area contributed by atoms with Gasteiger partial charge in [-0.2, -0.15) is 5.10 Å². The quantitative estimate of drug-likeness (QED) is 0.736. The molecule has 0 bridgehead atoms. The van der Waals surface area contributed by atoms with Crippen molar-refractivity contribution < 1.29 is 0 Å². The standard InChI is InChI=1S/C15H17N5/c1-19-11-12(10-18-19)6-8-20-9-7-17-15(20)13-2-4-14(16)5-3-13/h2-5,7,9-11H,6,8,16H2,1H3. The second-order valence-corrected chi connectivity index (χ2v) is 4.84. The number of nitrogen functional groups attached to an aromatic ring is 1. The van der Waals surface area contributed by atoms with E-state index in [9.17, 15) is 0 Å². The summed E-state index contributed by atoms with van der Waals surface area (Å²) in [5.74, 6) is 0.967. The largest absolute Gasteiger partial charge is 0.399 e. The van der Waals surface area contributed by atoms with Crippen molar-refractivity contribution in [3.8, 4) is 11.4 Å². The van der Waals surface area contributed by atoms with Crippen molar-refractivity contribution in [1.29, 1.82) is 0 Å². The predicted molar refractivity (Wildman–Crippen MR) is 79.0 cm³/mol. The van der Waals surface area contributed by atoms with Gasteiger partial charge in [0.1, 0.15) is 5.82 Å². The van der Waals surface area contributed by atoms with E-state index in [4.69, 9.17) is 5.73 Å². The third kappa shape index (κ3) is 2.56. The first kappa shape index (κ1) is 12.5. The monoisotopic (exact) mass is 267 g/mol. The summed E-state index contributed by atoms with van der Waals surface area (Å²) >= 11 is 0. The molecule has 0 aliphatic heterocycles. The summed E-state index contributed by atoms with van der Waals surface area (Å²) in [5.41, 5.74) is 8.79. The molecule has 1 aromatic carbocycles. The molecule has 3 aromatic rings. The summed E-state index contributed by atoms with van der Waals surface area (Å²) in [5, 5.41) is 4.18. The molecule has 5 nitrogen and oxygen atoms in total. The highest BCUT2D eigenvalue weighted by atomic mass is 15.2. The second kappa shape index (κ2) is 5.21. The van der Waals surface area contributed by atoms with Crippen LogP contribution in [0.3, 0.4) is 0 Å². The van der Waals surface area contributed by atoms with Crippen LogP contribution in [-0.2, 0) is 20.0 Å². The molecule has 0 aliphatic carbocycles. The van der Waals surface area contributed by atoms with E-state index >= 15 is 0 Å². The maximum Gasteiger partial charge on any atom is 0.139 e. The van der Waals surface area contributed by atoms with Gasteiger partial charge in [0, 0.05) is 43.4 Å². The van der Waals surface area contributed by atoms with Crippen LogP contribution >= 0.6 is 0 Å². The van der Waals surface area contributed by atoms with Gasteiger partial charge in [0.15, 0.2) is 0 Å². The van der Waals surface area contributed by atoms with Crippen molar-refractivity contribution in [1.82, 2.24) is 19.3 Å². The topological polar surface area (TPSA) is 61.7 Å². The number of aromatic nitrogens is 4. The first-order valence-electron chi connectivity index (χ1n) is 6.57. The number of aryl methyl sites for hydroxylation is 3. The van der Waals surface area contributed by atoms with E-state index < -0.39 is 0 Å². The molecule has 2 heterocycles. The Morgan fingerprint density at radius 1 is 1.20 bits per heavy atom. The maximum atomic E-state index is 5.72. The highest BCUT2D eigenvalue weighted by Crippen LogP contribution is 2.19. The highest BCUT2D eigenvalue weighted by Gasteiger charge is 2.06. The summed E-state index contributed by atoms with van der Waals surface area (Å²) in [6.07, 6.45) is 8.71. The molecule has 0 spiro atoms. The van der Waals surface area contributed by atoms with Crippen molar-refractivity contribution in [2.24, 2.45) is 7.05 Å². The minimum absolute atomic E-state index is 0.766. The van der Waals surface area contributed by atoms with Crippen LogP contribution in [-0.4, -0.2) is 19.3 Å². The molecular weight excluding hydrogens is 250 g/mol. The SMILES string of the molecule is Cn1cc(CCn2ccnc2-c2ccc(N)cc2)cn1. The van der Waals surface area contributed by atoms with Crippen molar-refractivity contribution >= 4 is 5.69 Å². The lowest BCUT2D eigenvalue weighted by atomic mass is 10.2. The van der Waals surface area contributed by atoms with E-state index in [1.54, 1.807) is 0 Å². The number of hydrogen-bond donors (Lipinski definition) is 1. The van der Waals surface area contributed by atoms with Crippen LogP contribution in [0.4, 0.5) is 5.69 Å². The lowest BCUT2D eigenvalue weighted by molar-refractivity contribution is 0.701. The second-order valence-electron chi connectivity index (χ2n) is 4.84. The number of nitrogens with zero attached hydrogens (tertiary/aromatic N) is 4. The molecule has 0 aliphatic rings. The average molecular weight is 267 g/mol. The Bertz CT molecular complexity index is 693. The molecule has 5 heteroatoms. The predicted octanol–water partition coefficient (Wildman–Crippen LogP) is 2.11. The van der Waals surface area contributed by atoms with Crippen LogP contribution in [0.25, 0.3) is 11.4 Å². The Balaban J connectivity index is 1.78. The number of nitrogens with two attached hydrogens (primary N) is 1. The Labute approximate surface area is 117 Å². The van der Waals surface area contributed by atoms with Gasteiger partial charge in [0.25, 0.3) is 0 Å². The summed E-state index contributed by atoms with van der Waals surface area (Å²) in [6, 6.07) is 7.79. The Morgan fingerprint density at radius 3 is 2.70 bits per heavy atom. The molecule has 0 saturated carbocycles. The molecule has 2 N–H and O–H groups in total. The summed E-state index contributed by atoms with van der Waals surface area (Å²) < 4.78 is 3.97. The molecule has 3 rings (SSSR count). The van der Waals surface area contributed by atoms with Crippen LogP contribution in [0.1, 0.15) is 5.56 Å². The Morgan fingerprint density at radius 2 is 2.00 bits per heavy atom. The third-order valence-corrected chi connectivity index (χ3v) is 3.28. The van der Waals surface area contributed by atoms with Crippen LogP contribution in [0.5, 0.6) is 0 Å². The van der Waals surface area contributed by atoms with Gasteiger partial charge in [0.2, 0.25) is 0 Å². The Kier molecular flexibility index (Phi) is 3.25. The summed E-state index contributed by atoms with van der Waals surface area (Å²) in [7, 11) is 1.93. The zero-order chi connectivity index (χ0) is 13.9. The number of hydrogen-bond acceptors (Lipinski definition) is 3. The zero-order valence-corrected chi connectivity index (χ0v) is 11.4.